The highest BCUT2D eigenvalue weighted by molar-refractivity contribution is 5.42. The van der Waals surface area contributed by atoms with Crippen LogP contribution in [-0.2, 0) is 6.54 Å². The first-order valence-electron chi connectivity index (χ1n) is 6.49. The molecule has 1 N–H and O–H groups in total. The highest BCUT2D eigenvalue weighted by atomic mass is 16.5. The zero-order valence-electron chi connectivity index (χ0n) is 10.8. The fourth-order valence-corrected chi connectivity index (χ4v) is 2.38. The summed E-state index contributed by atoms with van der Waals surface area (Å²) in [5.74, 6) is 1.92. The van der Waals surface area contributed by atoms with Gasteiger partial charge in [-0.25, -0.2) is 0 Å². The molecular formula is C13H17N3O3. The van der Waals surface area contributed by atoms with Crippen LogP contribution < -0.4 is 0 Å². The number of likely N-dealkylation sites (tertiary alicyclic amines) is 1. The van der Waals surface area contributed by atoms with Gasteiger partial charge in [0.2, 0.25) is 0 Å². The van der Waals surface area contributed by atoms with Crippen LogP contribution in [0.25, 0.3) is 11.7 Å². The summed E-state index contributed by atoms with van der Waals surface area (Å²) in [5, 5.41) is 13.7. The van der Waals surface area contributed by atoms with Crippen molar-refractivity contribution in [3.8, 4) is 11.7 Å². The van der Waals surface area contributed by atoms with Crippen LogP contribution in [0.4, 0.5) is 0 Å². The largest absolute Gasteiger partial charge is 0.459 e. The van der Waals surface area contributed by atoms with Crippen LogP contribution in [-0.4, -0.2) is 39.3 Å². The zero-order chi connectivity index (χ0) is 13.2. The van der Waals surface area contributed by atoms with E-state index in [1.807, 2.05) is 0 Å². The number of aliphatic hydroxyl groups is 1. The number of rotatable bonds is 3. The fraction of sp³-hybridized carbons (Fsp3) is 0.538. The molecule has 1 aliphatic heterocycles. The Balaban J connectivity index is 1.64. The first-order chi connectivity index (χ1) is 9.22. The van der Waals surface area contributed by atoms with Gasteiger partial charge in [0.15, 0.2) is 11.6 Å². The van der Waals surface area contributed by atoms with Gasteiger partial charge in [0.1, 0.15) is 0 Å². The fourth-order valence-electron chi connectivity index (χ4n) is 2.38. The molecule has 0 amide bonds. The third-order valence-electron chi connectivity index (χ3n) is 3.51. The number of piperidine rings is 1. The maximum absolute atomic E-state index is 9.70. The summed E-state index contributed by atoms with van der Waals surface area (Å²) in [7, 11) is 0. The Morgan fingerprint density at radius 1 is 1.53 bits per heavy atom. The van der Waals surface area contributed by atoms with Gasteiger partial charge in [-0.3, -0.25) is 4.90 Å². The lowest BCUT2D eigenvalue weighted by atomic mass is 9.97. The van der Waals surface area contributed by atoms with Crippen molar-refractivity contribution in [2.75, 3.05) is 13.1 Å². The van der Waals surface area contributed by atoms with E-state index in [9.17, 15) is 5.11 Å². The Kier molecular flexibility index (Phi) is 3.35. The van der Waals surface area contributed by atoms with Crippen molar-refractivity contribution < 1.29 is 14.0 Å². The normalized spacial score (nSPS) is 24.7. The summed E-state index contributed by atoms with van der Waals surface area (Å²) in [6.07, 6.45) is 2.18. The van der Waals surface area contributed by atoms with Crippen molar-refractivity contribution >= 4 is 0 Å². The quantitative estimate of drug-likeness (QED) is 0.905. The van der Waals surface area contributed by atoms with E-state index in [0.717, 1.165) is 19.5 Å². The van der Waals surface area contributed by atoms with Crippen molar-refractivity contribution in [2.45, 2.75) is 26.0 Å². The highest BCUT2D eigenvalue weighted by Gasteiger charge is 2.25. The number of aliphatic hydroxyl groups excluding tert-OH is 1. The molecule has 6 nitrogen and oxygen atoms in total. The molecular weight excluding hydrogens is 246 g/mol. The molecule has 1 saturated heterocycles. The smallest absolute Gasteiger partial charge is 0.293 e. The molecule has 0 bridgehead atoms. The molecule has 1 fully saturated rings. The predicted octanol–water partition coefficient (Wildman–Crippen LogP) is 1.53. The van der Waals surface area contributed by atoms with Crippen LogP contribution in [0.1, 0.15) is 19.2 Å². The topological polar surface area (TPSA) is 75.5 Å². The van der Waals surface area contributed by atoms with Gasteiger partial charge in [0.05, 0.1) is 18.9 Å². The standard InChI is InChI=1S/C13H17N3O3/c1-9-7-16(5-4-10(9)17)8-12-14-13(19-15-12)11-3-2-6-18-11/h2-3,6,9-10,17H,4-5,7-8H2,1H3. The third kappa shape index (κ3) is 2.69. The van der Waals surface area contributed by atoms with Gasteiger partial charge in [-0.1, -0.05) is 12.1 Å². The summed E-state index contributed by atoms with van der Waals surface area (Å²) in [4.78, 5) is 6.55. The molecule has 0 saturated carbocycles. The molecule has 102 valence electrons. The van der Waals surface area contributed by atoms with E-state index >= 15 is 0 Å². The molecule has 2 unspecified atom stereocenters. The first-order valence-corrected chi connectivity index (χ1v) is 6.49. The Labute approximate surface area is 111 Å². The molecule has 19 heavy (non-hydrogen) atoms. The summed E-state index contributed by atoms with van der Waals surface area (Å²) >= 11 is 0. The van der Waals surface area contributed by atoms with E-state index in [2.05, 4.69) is 22.0 Å². The lowest BCUT2D eigenvalue weighted by Crippen LogP contribution is -2.41. The molecule has 2 aromatic rings. The monoisotopic (exact) mass is 263 g/mol. The van der Waals surface area contributed by atoms with Crippen LogP contribution >= 0.6 is 0 Å². The second-order valence-corrected chi connectivity index (χ2v) is 5.06. The summed E-state index contributed by atoms with van der Waals surface area (Å²) in [6.45, 7) is 4.41. The Hall–Kier alpha value is -1.66. The predicted molar refractivity (Wildman–Crippen MR) is 67.1 cm³/mol. The number of hydrogen-bond acceptors (Lipinski definition) is 6. The lowest BCUT2D eigenvalue weighted by molar-refractivity contribution is 0.0308. The lowest BCUT2D eigenvalue weighted by Gasteiger charge is -2.33. The minimum Gasteiger partial charge on any atom is -0.459 e. The second kappa shape index (κ2) is 5.14. The van der Waals surface area contributed by atoms with Crippen molar-refractivity contribution in [2.24, 2.45) is 5.92 Å². The van der Waals surface area contributed by atoms with Crippen LogP contribution in [0, 0.1) is 5.92 Å². The van der Waals surface area contributed by atoms with Crippen LogP contribution in [0.15, 0.2) is 27.3 Å². The van der Waals surface area contributed by atoms with Crippen molar-refractivity contribution in [1.29, 1.82) is 0 Å². The molecule has 0 aliphatic carbocycles. The molecule has 0 radical (unpaired) electrons. The Morgan fingerprint density at radius 3 is 3.16 bits per heavy atom. The van der Waals surface area contributed by atoms with E-state index in [4.69, 9.17) is 8.94 Å². The van der Waals surface area contributed by atoms with Gasteiger partial charge < -0.3 is 14.0 Å². The third-order valence-corrected chi connectivity index (χ3v) is 3.51. The summed E-state index contributed by atoms with van der Waals surface area (Å²) in [6, 6.07) is 3.57. The minimum absolute atomic E-state index is 0.194. The zero-order valence-corrected chi connectivity index (χ0v) is 10.8. The average molecular weight is 263 g/mol. The molecule has 6 heteroatoms. The summed E-state index contributed by atoms with van der Waals surface area (Å²) in [5.41, 5.74) is 0. The number of furan rings is 1. The maximum Gasteiger partial charge on any atom is 0.293 e. The number of aromatic nitrogens is 2. The molecule has 0 spiro atoms. The molecule has 3 rings (SSSR count). The van der Waals surface area contributed by atoms with Gasteiger partial charge >= 0.3 is 0 Å². The van der Waals surface area contributed by atoms with Crippen molar-refractivity contribution in [3.63, 3.8) is 0 Å². The highest BCUT2D eigenvalue weighted by Crippen LogP contribution is 2.20. The average Bonchev–Trinajstić information content (AvgIpc) is 3.04. The van der Waals surface area contributed by atoms with Crippen molar-refractivity contribution in [3.05, 3.63) is 24.2 Å². The number of hydrogen-bond donors (Lipinski definition) is 1. The van der Waals surface area contributed by atoms with E-state index in [-0.39, 0.29) is 12.0 Å². The summed E-state index contributed by atoms with van der Waals surface area (Å²) < 4.78 is 10.4. The van der Waals surface area contributed by atoms with E-state index < -0.39 is 0 Å². The van der Waals surface area contributed by atoms with E-state index in [1.165, 1.54) is 0 Å². The molecule has 1 aliphatic rings. The van der Waals surface area contributed by atoms with Gasteiger partial charge in [-0.15, -0.1) is 0 Å². The van der Waals surface area contributed by atoms with Crippen molar-refractivity contribution in [1.82, 2.24) is 15.0 Å². The van der Waals surface area contributed by atoms with Crippen LogP contribution in [0.5, 0.6) is 0 Å². The SMILES string of the molecule is CC1CN(Cc2noc(-c3ccco3)n2)CCC1O. The van der Waals surface area contributed by atoms with Gasteiger partial charge in [-0.05, 0) is 24.5 Å². The molecule has 2 aromatic heterocycles. The Bertz CT molecular complexity index is 523. The first kappa shape index (κ1) is 12.4. The van der Waals surface area contributed by atoms with Crippen LogP contribution in [0.3, 0.4) is 0 Å². The molecule has 0 aromatic carbocycles. The molecule has 2 atom stereocenters. The van der Waals surface area contributed by atoms with E-state index in [1.54, 1.807) is 18.4 Å². The minimum atomic E-state index is -0.194. The Morgan fingerprint density at radius 2 is 2.42 bits per heavy atom. The number of nitrogens with zero attached hydrogens (tertiary/aromatic N) is 3. The molecule has 3 heterocycles. The maximum atomic E-state index is 9.70. The van der Waals surface area contributed by atoms with Gasteiger partial charge in [-0.2, -0.15) is 4.98 Å². The second-order valence-electron chi connectivity index (χ2n) is 5.06. The van der Waals surface area contributed by atoms with Gasteiger partial charge in [0.25, 0.3) is 5.89 Å². The van der Waals surface area contributed by atoms with Crippen LogP contribution in [0.2, 0.25) is 0 Å². The van der Waals surface area contributed by atoms with Gasteiger partial charge in [0, 0.05) is 13.1 Å². The van der Waals surface area contributed by atoms with E-state index in [0.29, 0.717) is 24.0 Å².